The van der Waals surface area contributed by atoms with Gasteiger partial charge >= 0.3 is 0 Å². The highest BCUT2D eigenvalue weighted by atomic mass is 79.9. The van der Waals surface area contributed by atoms with Crippen LogP contribution < -0.4 is 10.1 Å². The third kappa shape index (κ3) is 5.36. The number of carbonyl (C=O) groups is 1. The van der Waals surface area contributed by atoms with Gasteiger partial charge in [-0.2, -0.15) is 0 Å². The lowest BCUT2D eigenvalue weighted by atomic mass is 10.2. The van der Waals surface area contributed by atoms with Crippen LogP contribution in [-0.4, -0.2) is 26.8 Å². The molecule has 0 spiro atoms. The maximum Gasteiger partial charge on any atom is 0.267 e. The van der Waals surface area contributed by atoms with Crippen molar-refractivity contribution in [1.82, 2.24) is 14.8 Å². The average molecular weight is 498 g/mol. The Morgan fingerprint density at radius 2 is 2.00 bits per heavy atom. The number of anilines is 1. The highest BCUT2D eigenvalue weighted by Crippen LogP contribution is 2.26. The Labute approximate surface area is 172 Å². The molecule has 27 heavy (non-hydrogen) atoms. The van der Waals surface area contributed by atoms with E-state index in [1.165, 1.54) is 18.2 Å². The summed E-state index contributed by atoms with van der Waals surface area (Å²) in [7, 11) is 0. The molecule has 1 heterocycles. The number of aromatic nitrogens is 3. The van der Waals surface area contributed by atoms with Gasteiger partial charge in [0, 0.05) is 4.47 Å². The summed E-state index contributed by atoms with van der Waals surface area (Å²) in [5.74, 6) is -0.252. The van der Waals surface area contributed by atoms with E-state index in [9.17, 15) is 9.18 Å². The van der Waals surface area contributed by atoms with Crippen LogP contribution in [0, 0.1) is 5.82 Å². The maximum atomic E-state index is 13.1. The van der Waals surface area contributed by atoms with Gasteiger partial charge in [-0.25, -0.2) is 14.1 Å². The molecule has 1 N–H and O–H groups in total. The number of rotatable bonds is 6. The van der Waals surface area contributed by atoms with Gasteiger partial charge in [-0.1, -0.05) is 28.1 Å². The van der Waals surface area contributed by atoms with E-state index in [-0.39, 0.29) is 5.95 Å². The van der Waals surface area contributed by atoms with Gasteiger partial charge in [0.1, 0.15) is 17.9 Å². The van der Waals surface area contributed by atoms with E-state index >= 15 is 0 Å². The number of benzene rings is 2. The minimum atomic E-state index is -0.815. The lowest BCUT2D eigenvalue weighted by Gasteiger charge is -2.14. The van der Waals surface area contributed by atoms with Crippen LogP contribution in [0.4, 0.5) is 10.3 Å². The first-order valence-electron chi connectivity index (χ1n) is 7.97. The molecule has 2 aromatic carbocycles. The zero-order chi connectivity index (χ0) is 19.4. The van der Waals surface area contributed by atoms with E-state index in [0.717, 1.165) is 10.0 Å². The molecular weight excluding hydrogens is 483 g/mol. The Kier molecular flexibility index (Phi) is 6.22. The second kappa shape index (κ2) is 8.62. The summed E-state index contributed by atoms with van der Waals surface area (Å²) >= 11 is 6.59. The summed E-state index contributed by atoms with van der Waals surface area (Å²) in [5.41, 5.74) is 1.05. The standard InChI is InChI=1S/C18H15Br2FN4O2/c1-11(27-16-7-6-14(21)8-15(16)20)17(26)23-18-22-10-25(24-18)9-12-2-4-13(19)5-3-12/h2-8,10-11H,9H2,1H3,(H,23,24,26). The van der Waals surface area contributed by atoms with Crippen molar-refractivity contribution in [3.63, 3.8) is 0 Å². The fourth-order valence-electron chi connectivity index (χ4n) is 2.23. The van der Waals surface area contributed by atoms with Crippen LogP contribution in [0.5, 0.6) is 5.75 Å². The zero-order valence-corrected chi connectivity index (χ0v) is 17.4. The first kappa shape index (κ1) is 19.5. The van der Waals surface area contributed by atoms with E-state index < -0.39 is 17.8 Å². The van der Waals surface area contributed by atoms with Crippen LogP contribution >= 0.6 is 31.9 Å². The summed E-state index contributed by atoms with van der Waals surface area (Å²) in [6, 6.07) is 11.8. The Balaban J connectivity index is 1.59. The predicted molar refractivity (Wildman–Crippen MR) is 106 cm³/mol. The molecule has 3 rings (SSSR count). The first-order valence-corrected chi connectivity index (χ1v) is 9.56. The van der Waals surface area contributed by atoms with Gasteiger partial charge in [0.05, 0.1) is 11.0 Å². The highest BCUT2D eigenvalue weighted by molar-refractivity contribution is 9.10. The summed E-state index contributed by atoms with van der Waals surface area (Å²) in [4.78, 5) is 16.4. The molecule has 0 fully saturated rings. The molecule has 0 radical (unpaired) electrons. The summed E-state index contributed by atoms with van der Waals surface area (Å²) in [6.07, 6.45) is 0.727. The normalized spacial score (nSPS) is 11.9. The minimum absolute atomic E-state index is 0.186. The van der Waals surface area contributed by atoms with E-state index in [1.807, 2.05) is 24.3 Å². The van der Waals surface area contributed by atoms with E-state index in [0.29, 0.717) is 16.8 Å². The number of ether oxygens (including phenoxy) is 1. The second-order valence-corrected chi connectivity index (χ2v) is 7.49. The maximum absolute atomic E-state index is 13.1. The summed E-state index contributed by atoms with van der Waals surface area (Å²) in [5, 5.41) is 6.84. The largest absolute Gasteiger partial charge is 0.480 e. The van der Waals surface area contributed by atoms with Crippen molar-refractivity contribution in [3.05, 3.63) is 69.1 Å². The monoisotopic (exact) mass is 496 g/mol. The smallest absolute Gasteiger partial charge is 0.267 e. The molecule has 0 saturated carbocycles. The number of nitrogens with zero attached hydrogens (tertiary/aromatic N) is 3. The molecule has 3 aromatic rings. The fourth-order valence-corrected chi connectivity index (χ4v) is 2.94. The SMILES string of the molecule is CC(Oc1ccc(F)cc1Br)C(=O)Nc1ncn(Cc2ccc(Br)cc2)n1. The van der Waals surface area contributed by atoms with Crippen molar-refractivity contribution in [2.24, 2.45) is 0 Å². The second-order valence-electron chi connectivity index (χ2n) is 5.72. The van der Waals surface area contributed by atoms with Crippen molar-refractivity contribution in [3.8, 4) is 5.75 Å². The van der Waals surface area contributed by atoms with Crippen LogP contribution in [0.2, 0.25) is 0 Å². The van der Waals surface area contributed by atoms with Crippen molar-refractivity contribution in [2.45, 2.75) is 19.6 Å². The number of halogens is 3. The third-order valence-corrected chi connectivity index (χ3v) is 4.74. The number of nitrogens with one attached hydrogen (secondary N) is 1. The summed E-state index contributed by atoms with van der Waals surface area (Å²) < 4.78 is 21.7. The van der Waals surface area contributed by atoms with Gasteiger partial charge in [-0.3, -0.25) is 10.1 Å². The molecule has 1 aromatic heterocycles. The molecule has 9 heteroatoms. The van der Waals surface area contributed by atoms with Gasteiger partial charge in [-0.05, 0) is 58.7 Å². The molecule has 1 amide bonds. The average Bonchev–Trinajstić information content (AvgIpc) is 3.06. The number of hydrogen-bond acceptors (Lipinski definition) is 4. The van der Waals surface area contributed by atoms with Gasteiger partial charge in [-0.15, -0.1) is 5.10 Å². The first-order chi connectivity index (χ1) is 12.9. The number of carbonyl (C=O) groups excluding carboxylic acids is 1. The Bertz CT molecular complexity index is 947. The number of amides is 1. The lowest BCUT2D eigenvalue weighted by molar-refractivity contribution is -0.122. The molecule has 0 aliphatic rings. The van der Waals surface area contributed by atoms with Gasteiger partial charge < -0.3 is 4.74 Å². The molecular formula is C18H15Br2FN4O2. The van der Waals surface area contributed by atoms with Crippen molar-refractivity contribution >= 4 is 43.7 Å². The van der Waals surface area contributed by atoms with Gasteiger partial charge in [0.2, 0.25) is 5.95 Å². The van der Waals surface area contributed by atoms with Crippen LogP contribution in [0.3, 0.4) is 0 Å². The van der Waals surface area contributed by atoms with Gasteiger partial charge in [0.15, 0.2) is 6.10 Å². The quantitative estimate of drug-likeness (QED) is 0.548. The number of hydrogen-bond donors (Lipinski definition) is 1. The van der Waals surface area contributed by atoms with E-state index in [4.69, 9.17) is 4.74 Å². The van der Waals surface area contributed by atoms with Crippen LogP contribution in [0.15, 0.2) is 57.7 Å². The Hall–Kier alpha value is -2.26. The van der Waals surface area contributed by atoms with E-state index in [1.54, 1.807) is 17.9 Å². The molecule has 140 valence electrons. The van der Waals surface area contributed by atoms with Crippen molar-refractivity contribution in [2.75, 3.05) is 5.32 Å². The molecule has 0 bridgehead atoms. The van der Waals surface area contributed by atoms with Crippen LogP contribution in [0.25, 0.3) is 0 Å². The fraction of sp³-hybridized carbons (Fsp3) is 0.167. The molecule has 1 unspecified atom stereocenters. The third-order valence-electron chi connectivity index (χ3n) is 3.60. The van der Waals surface area contributed by atoms with Crippen molar-refractivity contribution < 1.29 is 13.9 Å². The zero-order valence-electron chi connectivity index (χ0n) is 14.2. The Morgan fingerprint density at radius 3 is 2.70 bits per heavy atom. The lowest BCUT2D eigenvalue weighted by Crippen LogP contribution is -2.30. The van der Waals surface area contributed by atoms with E-state index in [2.05, 4.69) is 47.3 Å². The minimum Gasteiger partial charge on any atom is -0.480 e. The van der Waals surface area contributed by atoms with Crippen LogP contribution in [0.1, 0.15) is 12.5 Å². The molecule has 0 aliphatic heterocycles. The molecule has 0 aliphatic carbocycles. The van der Waals surface area contributed by atoms with Crippen LogP contribution in [-0.2, 0) is 11.3 Å². The molecule has 1 atom stereocenters. The van der Waals surface area contributed by atoms with Gasteiger partial charge in [0.25, 0.3) is 5.91 Å². The predicted octanol–water partition coefficient (Wildman–Crippen LogP) is 4.40. The highest BCUT2D eigenvalue weighted by Gasteiger charge is 2.18. The molecule has 6 nitrogen and oxygen atoms in total. The topological polar surface area (TPSA) is 69.0 Å². The van der Waals surface area contributed by atoms with Crippen molar-refractivity contribution in [1.29, 1.82) is 0 Å². The molecule has 0 saturated heterocycles. The Morgan fingerprint density at radius 1 is 1.26 bits per heavy atom. The summed E-state index contributed by atoms with van der Waals surface area (Å²) in [6.45, 7) is 2.12.